The summed E-state index contributed by atoms with van der Waals surface area (Å²) in [6.45, 7) is 8.04. The molecule has 3 heteroatoms. The van der Waals surface area contributed by atoms with Crippen molar-refractivity contribution in [1.82, 2.24) is 0 Å². The van der Waals surface area contributed by atoms with Crippen LogP contribution in [0.1, 0.15) is 26.3 Å². The monoisotopic (exact) mass is 299 g/mol. The lowest BCUT2D eigenvalue weighted by molar-refractivity contribution is 0.332. The van der Waals surface area contributed by atoms with Gasteiger partial charge in [0.05, 0.1) is 7.11 Å². The second-order valence-corrected chi connectivity index (χ2v) is 6.28. The van der Waals surface area contributed by atoms with Crippen molar-refractivity contribution in [2.45, 2.75) is 26.2 Å². The highest BCUT2D eigenvalue weighted by Gasteiger charge is 2.12. The Morgan fingerprint density at radius 3 is 2.00 bits per heavy atom. The maximum Gasteiger partial charge on any atom is 0.119 e. The third-order valence-electron chi connectivity index (χ3n) is 3.51. The zero-order valence-electron chi connectivity index (χ0n) is 13.8. The highest BCUT2D eigenvalue weighted by molar-refractivity contribution is 5.45. The molecule has 2 rings (SSSR count). The molecule has 118 valence electrons. The van der Waals surface area contributed by atoms with Gasteiger partial charge in [0, 0.05) is 12.2 Å². The van der Waals surface area contributed by atoms with Crippen LogP contribution in [0.5, 0.6) is 11.5 Å². The van der Waals surface area contributed by atoms with Gasteiger partial charge in [-0.15, -0.1) is 0 Å². The first-order valence-corrected chi connectivity index (χ1v) is 7.60. The van der Waals surface area contributed by atoms with Gasteiger partial charge < -0.3 is 14.8 Å². The molecule has 2 aromatic rings. The van der Waals surface area contributed by atoms with Gasteiger partial charge >= 0.3 is 0 Å². The van der Waals surface area contributed by atoms with Crippen LogP contribution in [0.15, 0.2) is 48.5 Å². The Kier molecular flexibility index (Phi) is 5.31. The van der Waals surface area contributed by atoms with E-state index in [9.17, 15) is 0 Å². The van der Waals surface area contributed by atoms with E-state index in [0.717, 1.165) is 23.7 Å². The lowest BCUT2D eigenvalue weighted by Crippen LogP contribution is -2.13. The van der Waals surface area contributed by atoms with Gasteiger partial charge in [-0.1, -0.05) is 32.9 Å². The third kappa shape index (κ3) is 4.69. The first-order chi connectivity index (χ1) is 10.5. The minimum Gasteiger partial charge on any atom is -0.497 e. The Bertz CT molecular complexity index is 568. The van der Waals surface area contributed by atoms with Crippen molar-refractivity contribution in [3.05, 3.63) is 54.1 Å². The topological polar surface area (TPSA) is 30.5 Å². The number of hydrogen-bond donors (Lipinski definition) is 1. The molecule has 0 aromatic heterocycles. The van der Waals surface area contributed by atoms with Gasteiger partial charge in [0.25, 0.3) is 0 Å². The highest BCUT2D eigenvalue weighted by atomic mass is 16.5. The molecule has 0 heterocycles. The van der Waals surface area contributed by atoms with Crippen LogP contribution >= 0.6 is 0 Å². The average Bonchev–Trinajstić information content (AvgIpc) is 2.52. The molecular formula is C19H25NO2. The van der Waals surface area contributed by atoms with E-state index in [0.29, 0.717) is 6.61 Å². The molecule has 0 aliphatic rings. The number of nitrogens with one attached hydrogen (secondary N) is 1. The first kappa shape index (κ1) is 16.2. The van der Waals surface area contributed by atoms with Crippen molar-refractivity contribution in [2.75, 3.05) is 25.6 Å². The summed E-state index contributed by atoms with van der Waals surface area (Å²) in [5.74, 6) is 1.69. The number of rotatable bonds is 6. The summed E-state index contributed by atoms with van der Waals surface area (Å²) in [6.07, 6.45) is 0. The summed E-state index contributed by atoms with van der Waals surface area (Å²) >= 11 is 0. The molecule has 0 aliphatic carbocycles. The minimum atomic E-state index is 0.190. The molecule has 0 unspecified atom stereocenters. The standard InChI is InChI=1S/C19H25NO2/c1-19(2,3)15-5-7-16(8-6-15)20-13-14-22-18-11-9-17(21-4)10-12-18/h5-12,20H,13-14H2,1-4H3. The van der Waals surface area contributed by atoms with Gasteiger partial charge in [-0.2, -0.15) is 0 Å². The molecule has 0 bridgehead atoms. The van der Waals surface area contributed by atoms with Crippen molar-refractivity contribution in [3.8, 4) is 11.5 Å². The normalized spacial score (nSPS) is 11.1. The number of hydrogen-bond acceptors (Lipinski definition) is 3. The predicted octanol–water partition coefficient (Wildman–Crippen LogP) is 4.48. The van der Waals surface area contributed by atoms with Crippen LogP contribution in [-0.2, 0) is 5.41 Å². The number of methoxy groups -OCH3 is 1. The molecule has 0 atom stereocenters. The zero-order valence-corrected chi connectivity index (χ0v) is 13.8. The van der Waals surface area contributed by atoms with Crippen molar-refractivity contribution in [1.29, 1.82) is 0 Å². The van der Waals surface area contributed by atoms with Crippen LogP contribution in [-0.4, -0.2) is 20.3 Å². The van der Waals surface area contributed by atoms with E-state index < -0.39 is 0 Å². The molecule has 0 saturated carbocycles. The van der Waals surface area contributed by atoms with Crippen molar-refractivity contribution >= 4 is 5.69 Å². The summed E-state index contributed by atoms with van der Waals surface area (Å²) in [7, 11) is 1.66. The van der Waals surface area contributed by atoms with E-state index in [2.05, 4.69) is 50.4 Å². The Hall–Kier alpha value is -2.16. The molecule has 1 N–H and O–H groups in total. The smallest absolute Gasteiger partial charge is 0.119 e. The van der Waals surface area contributed by atoms with Gasteiger partial charge in [-0.25, -0.2) is 0 Å². The van der Waals surface area contributed by atoms with Crippen molar-refractivity contribution in [2.24, 2.45) is 0 Å². The van der Waals surface area contributed by atoms with E-state index in [-0.39, 0.29) is 5.41 Å². The average molecular weight is 299 g/mol. The zero-order chi connectivity index (χ0) is 16.0. The molecule has 2 aromatic carbocycles. The minimum absolute atomic E-state index is 0.190. The molecular weight excluding hydrogens is 274 g/mol. The van der Waals surface area contributed by atoms with E-state index in [4.69, 9.17) is 9.47 Å². The molecule has 0 fully saturated rings. The Morgan fingerprint density at radius 2 is 1.45 bits per heavy atom. The van der Waals surface area contributed by atoms with Crippen LogP contribution < -0.4 is 14.8 Å². The van der Waals surface area contributed by atoms with Crippen LogP contribution in [0.3, 0.4) is 0 Å². The Labute approximate surface area is 133 Å². The van der Waals surface area contributed by atoms with E-state index >= 15 is 0 Å². The predicted molar refractivity (Wildman–Crippen MR) is 92.1 cm³/mol. The lowest BCUT2D eigenvalue weighted by Gasteiger charge is -2.19. The molecule has 0 spiro atoms. The summed E-state index contributed by atoms with van der Waals surface area (Å²) in [6, 6.07) is 16.2. The maximum absolute atomic E-state index is 5.69. The molecule has 0 aliphatic heterocycles. The van der Waals surface area contributed by atoms with Crippen LogP contribution in [0.2, 0.25) is 0 Å². The molecule has 3 nitrogen and oxygen atoms in total. The van der Waals surface area contributed by atoms with Crippen molar-refractivity contribution in [3.63, 3.8) is 0 Å². The molecule has 0 radical (unpaired) electrons. The van der Waals surface area contributed by atoms with Gasteiger partial charge in [0.2, 0.25) is 0 Å². The van der Waals surface area contributed by atoms with Crippen LogP contribution in [0, 0.1) is 0 Å². The number of benzene rings is 2. The largest absolute Gasteiger partial charge is 0.497 e. The summed E-state index contributed by atoms with van der Waals surface area (Å²) < 4.78 is 10.8. The highest BCUT2D eigenvalue weighted by Crippen LogP contribution is 2.23. The van der Waals surface area contributed by atoms with E-state index in [1.807, 2.05) is 24.3 Å². The summed E-state index contributed by atoms with van der Waals surface area (Å²) in [4.78, 5) is 0. The van der Waals surface area contributed by atoms with Gasteiger partial charge in [0.1, 0.15) is 18.1 Å². The Morgan fingerprint density at radius 1 is 0.864 bits per heavy atom. The molecule has 22 heavy (non-hydrogen) atoms. The second kappa shape index (κ2) is 7.21. The van der Waals surface area contributed by atoms with E-state index in [1.165, 1.54) is 5.56 Å². The van der Waals surface area contributed by atoms with Gasteiger partial charge in [0.15, 0.2) is 0 Å². The lowest BCUT2D eigenvalue weighted by atomic mass is 9.87. The van der Waals surface area contributed by atoms with Gasteiger partial charge in [-0.05, 0) is 47.4 Å². The number of anilines is 1. The molecule has 0 amide bonds. The fraction of sp³-hybridized carbons (Fsp3) is 0.368. The summed E-state index contributed by atoms with van der Waals surface area (Å²) in [5, 5.41) is 3.37. The molecule has 0 saturated heterocycles. The van der Waals surface area contributed by atoms with Gasteiger partial charge in [-0.3, -0.25) is 0 Å². The first-order valence-electron chi connectivity index (χ1n) is 7.60. The SMILES string of the molecule is COc1ccc(OCCNc2ccc(C(C)(C)C)cc2)cc1. The third-order valence-corrected chi connectivity index (χ3v) is 3.51. The van der Waals surface area contributed by atoms with Crippen LogP contribution in [0.4, 0.5) is 5.69 Å². The van der Waals surface area contributed by atoms with E-state index in [1.54, 1.807) is 7.11 Å². The quantitative estimate of drug-likeness (QED) is 0.798. The Balaban J connectivity index is 1.76. The maximum atomic E-state index is 5.69. The second-order valence-electron chi connectivity index (χ2n) is 6.28. The fourth-order valence-corrected chi connectivity index (χ4v) is 2.12. The number of ether oxygens (including phenoxy) is 2. The summed E-state index contributed by atoms with van der Waals surface area (Å²) in [5.41, 5.74) is 2.65. The fourth-order valence-electron chi connectivity index (χ4n) is 2.12. The van der Waals surface area contributed by atoms with Crippen molar-refractivity contribution < 1.29 is 9.47 Å². The van der Waals surface area contributed by atoms with Crippen LogP contribution in [0.25, 0.3) is 0 Å².